The zero-order chi connectivity index (χ0) is 8.39. The van der Waals surface area contributed by atoms with Crippen molar-refractivity contribution in [3.63, 3.8) is 0 Å². The van der Waals surface area contributed by atoms with Gasteiger partial charge in [0.15, 0.2) is 0 Å². The molecule has 0 saturated heterocycles. The van der Waals surface area contributed by atoms with E-state index >= 15 is 0 Å². The van der Waals surface area contributed by atoms with Gasteiger partial charge in [0.2, 0.25) is 5.82 Å². The third kappa shape index (κ3) is 1.18. The smallest absolute Gasteiger partial charge is 0.316 e. The second-order valence-electron chi connectivity index (χ2n) is 2.22. The number of hydrogen-bond donors (Lipinski definition) is 0. The zero-order valence-corrected chi connectivity index (χ0v) is 5.99. The van der Waals surface area contributed by atoms with Crippen LogP contribution < -0.4 is 0 Å². The van der Waals surface area contributed by atoms with E-state index in [-0.39, 0.29) is 5.82 Å². The van der Waals surface area contributed by atoms with E-state index in [0.717, 1.165) is 0 Å². The van der Waals surface area contributed by atoms with Crippen molar-refractivity contribution in [3.05, 3.63) is 36.5 Å². The number of rotatable bonds is 1. The van der Waals surface area contributed by atoms with Crippen LogP contribution in [0.15, 0.2) is 28.8 Å². The lowest BCUT2D eigenvalue weighted by Crippen LogP contribution is -1.80. The summed E-state index contributed by atoms with van der Waals surface area (Å²) in [6.07, 6.45) is 2.21. The Labute approximate surface area is 67.8 Å². The SMILES string of the molecule is Fc1ccc(-c2n[c]on2)cc1. The zero-order valence-electron chi connectivity index (χ0n) is 5.99. The van der Waals surface area contributed by atoms with Gasteiger partial charge in [0.25, 0.3) is 0 Å². The molecule has 1 aromatic heterocycles. The minimum Gasteiger partial charge on any atom is -0.328 e. The molecule has 1 aromatic carbocycles. The molecule has 0 atom stereocenters. The average Bonchev–Trinajstić information content (AvgIpc) is 2.58. The lowest BCUT2D eigenvalue weighted by atomic mass is 10.2. The fourth-order valence-electron chi connectivity index (χ4n) is 0.864. The Balaban J connectivity index is 2.43. The molecule has 0 unspecified atom stereocenters. The normalized spacial score (nSPS) is 10.1. The van der Waals surface area contributed by atoms with Crippen LogP contribution in [0.4, 0.5) is 4.39 Å². The van der Waals surface area contributed by atoms with E-state index in [1.165, 1.54) is 12.1 Å². The molecule has 12 heavy (non-hydrogen) atoms. The summed E-state index contributed by atoms with van der Waals surface area (Å²) in [6, 6.07) is 5.83. The fraction of sp³-hybridized carbons (Fsp3) is 0. The summed E-state index contributed by atoms with van der Waals surface area (Å²) in [5, 5.41) is 3.55. The van der Waals surface area contributed by atoms with Crippen molar-refractivity contribution in [1.82, 2.24) is 10.1 Å². The molecule has 0 aliphatic carbocycles. The monoisotopic (exact) mass is 163 g/mol. The van der Waals surface area contributed by atoms with Gasteiger partial charge in [-0.2, -0.15) is 4.98 Å². The Kier molecular flexibility index (Phi) is 1.59. The largest absolute Gasteiger partial charge is 0.328 e. The van der Waals surface area contributed by atoms with Crippen LogP contribution in [0.3, 0.4) is 0 Å². The molecule has 3 nitrogen and oxygen atoms in total. The van der Waals surface area contributed by atoms with E-state index in [9.17, 15) is 4.39 Å². The summed E-state index contributed by atoms with van der Waals surface area (Å²) in [7, 11) is 0. The summed E-state index contributed by atoms with van der Waals surface area (Å²) in [4.78, 5) is 3.69. The van der Waals surface area contributed by atoms with Crippen molar-refractivity contribution in [1.29, 1.82) is 0 Å². The van der Waals surface area contributed by atoms with Gasteiger partial charge in [-0.1, -0.05) is 5.16 Å². The maximum atomic E-state index is 12.5. The molecule has 2 rings (SSSR count). The molecule has 0 aliphatic rings. The standard InChI is InChI=1S/C8H4FN2O/c9-7-3-1-6(2-4-7)8-10-5-12-11-8/h1-4H. The lowest BCUT2D eigenvalue weighted by Gasteiger charge is -1.91. The van der Waals surface area contributed by atoms with E-state index in [2.05, 4.69) is 21.1 Å². The van der Waals surface area contributed by atoms with E-state index in [4.69, 9.17) is 0 Å². The first kappa shape index (κ1) is 6.97. The molecular weight excluding hydrogens is 159 g/mol. The van der Waals surface area contributed by atoms with Gasteiger partial charge in [-0.3, -0.25) is 0 Å². The first-order valence-electron chi connectivity index (χ1n) is 3.32. The number of halogens is 1. The highest BCUT2D eigenvalue weighted by Gasteiger charge is 2.01. The van der Waals surface area contributed by atoms with Crippen LogP contribution in [0.2, 0.25) is 0 Å². The Morgan fingerprint density at radius 3 is 2.58 bits per heavy atom. The van der Waals surface area contributed by atoms with Gasteiger partial charge in [-0.15, -0.1) is 0 Å². The van der Waals surface area contributed by atoms with Crippen molar-refractivity contribution in [2.24, 2.45) is 0 Å². The van der Waals surface area contributed by atoms with Crippen LogP contribution in [-0.4, -0.2) is 10.1 Å². The Bertz CT molecular complexity index is 355. The van der Waals surface area contributed by atoms with Crippen LogP contribution in [0.1, 0.15) is 0 Å². The van der Waals surface area contributed by atoms with Gasteiger partial charge in [-0.05, 0) is 24.3 Å². The maximum Gasteiger partial charge on any atom is 0.316 e. The van der Waals surface area contributed by atoms with Crippen molar-refractivity contribution in [3.8, 4) is 11.4 Å². The van der Waals surface area contributed by atoms with Gasteiger partial charge in [0.05, 0.1) is 0 Å². The van der Waals surface area contributed by atoms with Crippen LogP contribution >= 0.6 is 0 Å². The van der Waals surface area contributed by atoms with Crippen molar-refractivity contribution < 1.29 is 8.91 Å². The molecule has 0 aliphatic heterocycles. The van der Waals surface area contributed by atoms with E-state index in [0.29, 0.717) is 11.4 Å². The summed E-state index contributed by atoms with van der Waals surface area (Å²) < 4.78 is 16.9. The maximum absolute atomic E-state index is 12.5. The molecule has 2 aromatic rings. The molecule has 0 bridgehead atoms. The molecule has 4 heteroatoms. The Hall–Kier alpha value is -1.71. The molecule has 0 amide bonds. The number of hydrogen-bond acceptors (Lipinski definition) is 3. The average molecular weight is 163 g/mol. The van der Waals surface area contributed by atoms with Crippen molar-refractivity contribution in [2.75, 3.05) is 0 Å². The predicted octanol–water partition coefficient (Wildman–Crippen LogP) is 1.68. The highest BCUT2D eigenvalue weighted by Crippen LogP contribution is 2.13. The van der Waals surface area contributed by atoms with Gasteiger partial charge in [0.1, 0.15) is 5.82 Å². The minimum atomic E-state index is -0.286. The summed E-state index contributed by atoms with van der Waals surface area (Å²) in [5.41, 5.74) is 0.710. The first-order valence-corrected chi connectivity index (χ1v) is 3.32. The Morgan fingerprint density at radius 2 is 2.00 bits per heavy atom. The first-order chi connectivity index (χ1) is 5.86. The number of benzene rings is 1. The van der Waals surface area contributed by atoms with Crippen LogP contribution in [-0.2, 0) is 0 Å². The van der Waals surface area contributed by atoms with Gasteiger partial charge in [0, 0.05) is 5.56 Å². The van der Waals surface area contributed by atoms with Crippen molar-refractivity contribution in [2.45, 2.75) is 0 Å². The molecule has 1 heterocycles. The van der Waals surface area contributed by atoms with E-state index < -0.39 is 0 Å². The molecule has 0 saturated carbocycles. The van der Waals surface area contributed by atoms with E-state index in [1.807, 2.05) is 0 Å². The van der Waals surface area contributed by atoms with Gasteiger partial charge < -0.3 is 4.52 Å². The summed E-state index contributed by atoms with van der Waals surface area (Å²) >= 11 is 0. The van der Waals surface area contributed by atoms with Crippen LogP contribution in [0.5, 0.6) is 0 Å². The number of aromatic nitrogens is 2. The molecular formula is C8H4FN2O. The fourth-order valence-corrected chi connectivity index (χ4v) is 0.864. The second-order valence-corrected chi connectivity index (χ2v) is 2.22. The molecule has 0 fully saturated rings. The van der Waals surface area contributed by atoms with Gasteiger partial charge in [-0.25, -0.2) is 4.39 Å². The highest BCUT2D eigenvalue weighted by atomic mass is 19.1. The number of nitrogens with zero attached hydrogens (tertiary/aromatic N) is 2. The predicted molar refractivity (Wildman–Crippen MR) is 38.5 cm³/mol. The van der Waals surface area contributed by atoms with Crippen LogP contribution in [0, 0.1) is 12.2 Å². The molecule has 0 N–H and O–H groups in total. The third-order valence-corrected chi connectivity index (χ3v) is 1.43. The molecule has 1 radical (unpaired) electrons. The van der Waals surface area contributed by atoms with Crippen molar-refractivity contribution >= 4 is 0 Å². The minimum absolute atomic E-state index is 0.286. The molecule has 0 spiro atoms. The molecule has 59 valence electrons. The topological polar surface area (TPSA) is 38.9 Å². The quantitative estimate of drug-likeness (QED) is 0.641. The Morgan fingerprint density at radius 1 is 1.25 bits per heavy atom. The lowest BCUT2D eigenvalue weighted by molar-refractivity contribution is 0.411. The van der Waals surface area contributed by atoms with Gasteiger partial charge >= 0.3 is 6.39 Å². The summed E-state index contributed by atoms with van der Waals surface area (Å²) in [6.45, 7) is 0. The van der Waals surface area contributed by atoms with E-state index in [1.54, 1.807) is 12.1 Å². The highest BCUT2D eigenvalue weighted by molar-refractivity contribution is 5.53. The second kappa shape index (κ2) is 2.73. The third-order valence-electron chi connectivity index (χ3n) is 1.43. The van der Waals surface area contributed by atoms with Crippen LogP contribution in [0.25, 0.3) is 11.4 Å². The summed E-state index contributed by atoms with van der Waals surface area (Å²) in [5.74, 6) is 0.126.